The highest BCUT2D eigenvalue weighted by Crippen LogP contribution is 2.20. The number of hydrogen-bond donors (Lipinski definition) is 2. The molecule has 27 heavy (non-hydrogen) atoms. The number of amides is 3. The van der Waals surface area contributed by atoms with Crippen molar-refractivity contribution in [3.63, 3.8) is 0 Å². The molecule has 1 aromatic carbocycles. The van der Waals surface area contributed by atoms with E-state index in [-0.39, 0.29) is 17.9 Å². The number of nitrogens with one attached hydrogen (secondary N) is 2. The van der Waals surface area contributed by atoms with Gasteiger partial charge in [-0.3, -0.25) is 4.79 Å². The van der Waals surface area contributed by atoms with Crippen LogP contribution in [0, 0.1) is 5.92 Å². The molecule has 1 aromatic rings. The lowest BCUT2D eigenvalue weighted by molar-refractivity contribution is -0.126. The van der Waals surface area contributed by atoms with Crippen molar-refractivity contribution in [2.24, 2.45) is 5.92 Å². The van der Waals surface area contributed by atoms with E-state index in [0.717, 1.165) is 31.4 Å². The Morgan fingerprint density at radius 3 is 2.52 bits per heavy atom. The van der Waals surface area contributed by atoms with Crippen molar-refractivity contribution >= 4 is 11.9 Å². The van der Waals surface area contributed by atoms with Gasteiger partial charge in [0.25, 0.3) is 0 Å². The number of piperidine rings is 1. The highest BCUT2D eigenvalue weighted by molar-refractivity contribution is 5.79. The molecule has 0 spiro atoms. The second-order valence-corrected chi connectivity index (χ2v) is 7.55. The quantitative estimate of drug-likeness (QED) is 0.753. The van der Waals surface area contributed by atoms with Gasteiger partial charge in [-0.25, -0.2) is 4.79 Å². The molecule has 0 saturated carbocycles. The maximum Gasteiger partial charge on any atom is 0.317 e. The third kappa shape index (κ3) is 6.12. The molecule has 0 aromatic heterocycles. The minimum Gasteiger partial charge on any atom is -0.356 e. The van der Waals surface area contributed by atoms with Crippen LogP contribution in [0.25, 0.3) is 0 Å². The normalized spacial score (nSPS) is 17.9. The molecule has 1 aliphatic heterocycles. The van der Waals surface area contributed by atoms with Crippen LogP contribution in [-0.4, -0.2) is 36.5 Å². The smallest absolute Gasteiger partial charge is 0.317 e. The molecular formula is C22H31N3O2. The zero-order valence-electron chi connectivity index (χ0n) is 16.1. The zero-order chi connectivity index (χ0) is 18.9. The lowest BCUT2D eigenvalue weighted by Crippen LogP contribution is -2.46. The molecule has 5 heteroatoms. The summed E-state index contributed by atoms with van der Waals surface area (Å²) in [5.41, 5.74) is 2.58. The van der Waals surface area contributed by atoms with E-state index >= 15 is 0 Å². The summed E-state index contributed by atoms with van der Waals surface area (Å²) in [4.78, 5) is 26.5. The van der Waals surface area contributed by atoms with E-state index in [4.69, 9.17) is 0 Å². The summed E-state index contributed by atoms with van der Waals surface area (Å²) in [6, 6.07) is 9.86. The van der Waals surface area contributed by atoms with Gasteiger partial charge in [-0.2, -0.15) is 0 Å². The number of rotatable bonds is 6. The van der Waals surface area contributed by atoms with Crippen LogP contribution < -0.4 is 10.6 Å². The first-order chi connectivity index (χ1) is 13.2. The lowest BCUT2D eigenvalue weighted by Gasteiger charge is -2.31. The summed E-state index contributed by atoms with van der Waals surface area (Å²) in [6.07, 6.45) is 9.76. The van der Waals surface area contributed by atoms with Gasteiger partial charge in [-0.1, -0.05) is 42.0 Å². The number of allylic oxidation sites excluding steroid dienone is 1. The Morgan fingerprint density at radius 2 is 1.81 bits per heavy atom. The number of carbonyl (C=O) groups is 2. The van der Waals surface area contributed by atoms with Gasteiger partial charge in [-0.15, -0.1) is 0 Å². The average Bonchev–Trinajstić information content (AvgIpc) is 2.73. The van der Waals surface area contributed by atoms with Crippen LogP contribution in [0.1, 0.15) is 50.5 Å². The molecule has 2 N–H and O–H groups in total. The summed E-state index contributed by atoms with van der Waals surface area (Å²) < 4.78 is 0. The number of likely N-dealkylation sites (tertiary alicyclic amines) is 1. The number of benzene rings is 1. The van der Waals surface area contributed by atoms with Gasteiger partial charge in [0.15, 0.2) is 0 Å². The van der Waals surface area contributed by atoms with E-state index in [1.165, 1.54) is 31.3 Å². The molecule has 0 atom stereocenters. The topological polar surface area (TPSA) is 61.4 Å². The predicted molar refractivity (Wildman–Crippen MR) is 107 cm³/mol. The Morgan fingerprint density at radius 1 is 1.04 bits per heavy atom. The molecule has 5 nitrogen and oxygen atoms in total. The molecule has 0 radical (unpaired) electrons. The Labute approximate surface area is 162 Å². The molecule has 1 aliphatic carbocycles. The van der Waals surface area contributed by atoms with Crippen LogP contribution in [-0.2, 0) is 11.3 Å². The molecule has 1 saturated heterocycles. The van der Waals surface area contributed by atoms with E-state index in [2.05, 4.69) is 16.7 Å². The van der Waals surface area contributed by atoms with E-state index in [9.17, 15) is 9.59 Å². The minimum absolute atomic E-state index is 0.0310. The van der Waals surface area contributed by atoms with Gasteiger partial charge < -0.3 is 15.5 Å². The molecule has 3 rings (SSSR count). The van der Waals surface area contributed by atoms with Crippen LogP contribution in [0.2, 0.25) is 0 Å². The van der Waals surface area contributed by atoms with Gasteiger partial charge in [0.2, 0.25) is 5.91 Å². The molecule has 1 heterocycles. The average molecular weight is 370 g/mol. The van der Waals surface area contributed by atoms with Crippen molar-refractivity contribution in [3.8, 4) is 0 Å². The fraction of sp³-hybridized carbons (Fsp3) is 0.545. The SMILES string of the molecule is O=C(NCCC1=CCCCC1)C1CCN(C(=O)NCc2ccccc2)CC1. The zero-order valence-corrected chi connectivity index (χ0v) is 16.1. The maximum absolute atomic E-state index is 12.4. The minimum atomic E-state index is -0.0399. The van der Waals surface area contributed by atoms with Crippen molar-refractivity contribution in [2.45, 2.75) is 51.5 Å². The largest absolute Gasteiger partial charge is 0.356 e. The molecule has 3 amide bonds. The van der Waals surface area contributed by atoms with Crippen molar-refractivity contribution in [3.05, 3.63) is 47.5 Å². The summed E-state index contributed by atoms with van der Waals surface area (Å²) >= 11 is 0. The standard InChI is InChI=1S/C22H31N3O2/c26-21(23-14-11-18-7-3-1-4-8-18)20-12-15-25(16-13-20)22(27)24-17-19-9-5-2-6-10-19/h2,5-7,9-10,20H,1,3-4,8,11-17H2,(H,23,26)(H,24,27). The first kappa shape index (κ1) is 19.5. The molecule has 146 valence electrons. The number of nitrogens with zero attached hydrogens (tertiary/aromatic N) is 1. The first-order valence-electron chi connectivity index (χ1n) is 10.2. The highest BCUT2D eigenvalue weighted by Gasteiger charge is 2.27. The van der Waals surface area contributed by atoms with Crippen molar-refractivity contribution in [1.29, 1.82) is 0 Å². The van der Waals surface area contributed by atoms with Crippen LogP contribution in [0.4, 0.5) is 4.79 Å². The maximum atomic E-state index is 12.4. The molecule has 2 aliphatic rings. The summed E-state index contributed by atoms with van der Waals surface area (Å²) in [7, 11) is 0. The van der Waals surface area contributed by atoms with Crippen LogP contribution in [0.15, 0.2) is 42.0 Å². The monoisotopic (exact) mass is 369 g/mol. The fourth-order valence-corrected chi connectivity index (χ4v) is 3.85. The van der Waals surface area contributed by atoms with Crippen molar-refractivity contribution in [2.75, 3.05) is 19.6 Å². The summed E-state index contributed by atoms with van der Waals surface area (Å²) in [5.74, 6) is 0.180. The van der Waals surface area contributed by atoms with E-state index in [1.807, 2.05) is 35.2 Å². The third-order valence-corrected chi connectivity index (χ3v) is 5.57. The van der Waals surface area contributed by atoms with Crippen molar-refractivity contribution in [1.82, 2.24) is 15.5 Å². The van der Waals surface area contributed by atoms with Gasteiger partial charge >= 0.3 is 6.03 Å². The van der Waals surface area contributed by atoms with E-state index < -0.39 is 0 Å². The summed E-state index contributed by atoms with van der Waals surface area (Å²) in [5, 5.41) is 6.06. The van der Waals surface area contributed by atoms with E-state index in [1.54, 1.807) is 0 Å². The van der Waals surface area contributed by atoms with Crippen LogP contribution >= 0.6 is 0 Å². The Kier molecular flexibility index (Phi) is 7.31. The summed E-state index contributed by atoms with van der Waals surface area (Å²) in [6.45, 7) is 2.56. The number of carbonyl (C=O) groups excluding carboxylic acids is 2. The van der Waals surface area contributed by atoms with E-state index in [0.29, 0.717) is 19.6 Å². The third-order valence-electron chi connectivity index (χ3n) is 5.57. The van der Waals surface area contributed by atoms with Crippen LogP contribution in [0.5, 0.6) is 0 Å². The molecule has 1 fully saturated rings. The highest BCUT2D eigenvalue weighted by atomic mass is 16.2. The number of urea groups is 1. The van der Waals surface area contributed by atoms with Gasteiger partial charge in [0.05, 0.1) is 0 Å². The Hall–Kier alpha value is -2.30. The fourth-order valence-electron chi connectivity index (χ4n) is 3.85. The predicted octanol–water partition coefficient (Wildman–Crippen LogP) is 3.61. The second kappa shape index (κ2) is 10.1. The van der Waals surface area contributed by atoms with Crippen molar-refractivity contribution < 1.29 is 9.59 Å². The molecule has 0 bridgehead atoms. The lowest BCUT2D eigenvalue weighted by atomic mass is 9.95. The van der Waals surface area contributed by atoms with Gasteiger partial charge in [0, 0.05) is 32.1 Å². The molecular weight excluding hydrogens is 338 g/mol. The first-order valence-corrected chi connectivity index (χ1v) is 10.2. The second-order valence-electron chi connectivity index (χ2n) is 7.55. The van der Waals surface area contributed by atoms with Crippen LogP contribution in [0.3, 0.4) is 0 Å². The van der Waals surface area contributed by atoms with Gasteiger partial charge in [0.1, 0.15) is 0 Å². The van der Waals surface area contributed by atoms with Gasteiger partial charge in [-0.05, 0) is 50.5 Å². The Balaban J connectivity index is 1.33. The Bertz CT molecular complexity index is 649. The molecule has 0 unspecified atom stereocenters. The number of hydrogen-bond acceptors (Lipinski definition) is 2.